The summed E-state index contributed by atoms with van der Waals surface area (Å²) in [4.78, 5) is 0. The predicted molar refractivity (Wildman–Crippen MR) is 72.2 cm³/mol. The summed E-state index contributed by atoms with van der Waals surface area (Å²) >= 11 is 0. The molecule has 0 bridgehead atoms. The summed E-state index contributed by atoms with van der Waals surface area (Å²) in [5.41, 5.74) is 0. The molecule has 0 fully saturated rings. The molecule has 7 heteroatoms. The van der Waals surface area contributed by atoms with Crippen molar-refractivity contribution in [1.82, 2.24) is 9.62 Å². The van der Waals surface area contributed by atoms with Gasteiger partial charge in [0, 0.05) is 33.4 Å². The molecule has 1 N–H and O–H groups in total. The van der Waals surface area contributed by atoms with Crippen LogP contribution in [0.3, 0.4) is 0 Å². The molecular weight excluding hydrogens is 256 g/mol. The summed E-state index contributed by atoms with van der Waals surface area (Å²) in [5.74, 6) is 0. The molecule has 0 aliphatic rings. The third-order valence-electron chi connectivity index (χ3n) is 2.74. The zero-order valence-electron chi connectivity index (χ0n) is 12.0. The second-order valence-electron chi connectivity index (χ2n) is 4.32. The average molecular weight is 282 g/mol. The number of hydrogen-bond acceptors (Lipinski definition) is 5. The van der Waals surface area contributed by atoms with Crippen LogP contribution in [0, 0.1) is 0 Å². The van der Waals surface area contributed by atoms with Gasteiger partial charge in [0.25, 0.3) is 0 Å². The third-order valence-corrected chi connectivity index (χ3v) is 5.12. The third kappa shape index (κ3) is 5.19. The molecule has 0 aliphatic heterocycles. The highest BCUT2D eigenvalue weighted by molar-refractivity contribution is 7.89. The quantitative estimate of drug-likeness (QED) is 0.606. The first kappa shape index (κ1) is 17.8. The fraction of sp³-hybridized carbons (Fsp3) is 1.00. The van der Waals surface area contributed by atoms with E-state index in [4.69, 9.17) is 9.47 Å². The lowest BCUT2D eigenvalue weighted by molar-refractivity contribution is 0.118. The van der Waals surface area contributed by atoms with Gasteiger partial charge >= 0.3 is 0 Å². The first-order valence-electron chi connectivity index (χ1n) is 6.04. The maximum absolute atomic E-state index is 12.4. The highest BCUT2D eigenvalue weighted by Gasteiger charge is 2.31. The van der Waals surface area contributed by atoms with E-state index in [9.17, 15) is 8.42 Å². The van der Waals surface area contributed by atoms with Crippen LogP contribution in [0.5, 0.6) is 0 Å². The van der Waals surface area contributed by atoms with Gasteiger partial charge < -0.3 is 14.8 Å². The Morgan fingerprint density at radius 3 is 2.28 bits per heavy atom. The summed E-state index contributed by atoms with van der Waals surface area (Å²) in [6, 6.07) is -0.200. The molecule has 0 heterocycles. The largest absolute Gasteiger partial charge is 0.383 e. The minimum absolute atomic E-state index is 0.200. The van der Waals surface area contributed by atoms with E-state index in [0.717, 1.165) is 0 Å². The minimum Gasteiger partial charge on any atom is -0.383 e. The molecule has 18 heavy (non-hydrogen) atoms. The van der Waals surface area contributed by atoms with Gasteiger partial charge in [0.05, 0.1) is 18.5 Å². The van der Waals surface area contributed by atoms with Gasteiger partial charge in [-0.25, -0.2) is 8.42 Å². The summed E-state index contributed by atoms with van der Waals surface area (Å²) in [6.07, 6.45) is 0. The van der Waals surface area contributed by atoms with Crippen molar-refractivity contribution >= 4 is 10.0 Å². The number of nitrogens with zero attached hydrogens (tertiary/aromatic N) is 1. The van der Waals surface area contributed by atoms with Crippen molar-refractivity contribution in [1.29, 1.82) is 0 Å². The fourth-order valence-electron chi connectivity index (χ4n) is 1.73. The number of sulfonamides is 1. The molecule has 2 atom stereocenters. The minimum atomic E-state index is -3.35. The molecule has 0 aromatic rings. The first-order valence-corrected chi connectivity index (χ1v) is 7.55. The Morgan fingerprint density at radius 2 is 1.83 bits per heavy atom. The molecule has 110 valence electrons. The van der Waals surface area contributed by atoms with E-state index >= 15 is 0 Å². The van der Waals surface area contributed by atoms with Crippen LogP contribution in [-0.2, 0) is 19.5 Å². The second-order valence-corrected chi connectivity index (χ2v) is 6.62. The molecule has 0 saturated heterocycles. The van der Waals surface area contributed by atoms with Gasteiger partial charge in [-0.1, -0.05) is 0 Å². The molecular formula is C11H26N2O4S. The normalized spacial score (nSPS) is 15.9. The average Bonchev–Trinajstić information content (AvgIpc) is 2.30. The molecule has 0 aromatic carbocycles. The van der Waals surface area contributed by atoms with E-state index in [-0.39, 0.29) is 6.04 Å². The number of rotatable bonds is 10. The topological polar surface area (TPSA) is 67.9 Å². The molecule has 0 aliphatic carbocycles. The molecule has 0 rings (SSSR count). The number of hydrogen-bond donors (Lipinski definition) is 1. The number of ether oxygens (including phenoxy) is 2. The van der Waals surface area contributed by atoms with Crippen LogP contribution in [0.25, 0.3) is 0 Å². The summed E-state index contributed by atoms with van der Waals surface area (Å²) in [7, 11) is 1.52. The Balaban J connectivity index is 4.91. The van der Waals surface area contributed by atoms with Crippen LogP contribution in [-0.4, -0.2) is 71.6 Å². The molecule has 0 amide bonds. The molecule has 0 saturated carbocycles. The van der Waals surface area contributed by atoms with E-state index < -0.39 is 15.3 Å². The van der Waals surface area contributed by atoms with Crippen molar-refractivity contribution < 1.29 is 17.9 Å². The van der Waals surface area contributed by atoms with Crippen molar-refractivity contribution in [3.8, 4) is 0 Å². The predicted octanol–water partition coefficient (Wildman–Crippen LogP) is -0.0926. The zero-order valence-corrected chi connectivity index (χ0v) is 12.8. The van der Waals surface area contributed by atoms with Crippen molar-refractivity contribution in [2.75, 3.05) is 47.6 Å². The second kappa shape index (κ2) is 8.82. The van der Waals surface area contributed by atoms with Crippen LogP contribution < -0.4 is 5.32 Å². The highest BCUT2D eigenvalue weighted by Crippen LogP contribution is 2.13. The molecule has 0 spiro atoms. The van der Waals surface area contributed by atoms with Crippen molar-refractivity contribution in [2.45, 2.75) is 25.1 Å². The highest BCUT2D eigenvalue weighted by atomic mass is 32.2. The van der Waals surface area contributed by atoms with Gasteiger partial charge in [0.2, 0.25) is 10.0 Å². The van der Waals surface area contributed by atoms with E-state index in [1.807, 2.05) is 6.92 Å². The molecule has 0 aromatic heterocycles. The van der Waals surface area contributed by atoms with E-state index in [2.05, 4.69) is 5.32 Å². The van der Waals surface area contributed by atoms with E-state index in [1.165, 1.54) is 4.31 Å². The van der Waals surface area contributed by atoms with Crippen LogP contribution in [0.2, 0.25) is 0 Å². The SMILES string of the molecule is CNCC(C)S(=O)(=O)N(CCOC)C(C)COC. The van der Waals surface area contributed by atoms with Crippen molar-refractivity contribution in [3.63, 3.8) is 0 Å². The number of methoxy groups -OCH3 is 2. The Hall–Kier alpha value is -0.210. The molecule has 0 radical (unpaired) electrons. The van der Waals surface area contributed by atoms with Crippen LogP contribution in [0.4, 0.5) is 0 Å². The zero-order chi connectivity index (χ0) is 14.2. The van der Waals surface area contributed by atoms with Gasteiger partial charge in [0.1, 0.15) is 0 Å². The van der Waals surface area contributed by atoms with E-state index in [1.54, 1.807) is 28.2 Å². The maximum Gasteiger partial charge on any atom is 0.218 e. The summed E-state index contributed by atoms with van der Waals surface area (Å²) < 4.78 is 36.3. The Bertz CT molecular complexity index is 308. The molecule has 2 unspecified atom stereocenters. The Labute approximate surface area is 111 Å². The lowest BCUT2D eigenvalue weighted by atomic mass is 10.3. The lowest BCUT2D eigenvalue weighted by Gasteiger charge is -2.30. The van der Waals surface area contributed by atoms with Gasteiger partial charge in [-0.05, 0) is 20.9 Å². The standard InChI is InChI=1S/C11H26N2O4S/c1-10(9-17-5)13(6-7-16-4)18(14,15)11(2)8-12-3/h10-12H,6-9H2,1-5H3. The Kier molecular flexibility index (Phi) is 8.71. The van der Waals surface area contributed by atoms with Crippen molar-refractivity contribution in [3.05, 3.63) is 0 Å². The first-order chi connectivity index (χ1) is 8.41. The summed E-state index contributed by atoms with van der Waals surface area (Å²) in [6.45, 7) is 5.05. The summed E-state index contributed by atoms with van der Waals surface area (Å²) in [5, 5.41) is 2.41. The van der Waals surface area contributed by atoms with Gasteiger partial charge in [0.15, 0.2) is 0 Å². The fourth-order valence-corrected chi connectivity index (χ4v) is 3.46. The van der Waals surface area contributed by atoms with Gasteiger partial charge in [-0.3, -0.25) is 0 Å². The van der Waals surface area contributed by atoms with Crippen LogP contribution in [0.15, 0.2) is 0 Å². The van der Waals surface area contributed by atoms with Crippen molar-refractivity contribution in [2.24, 2.45) is 0 Å². The van der Waals surface area contributed by atoms with Gasteiger partial charge in [-0.2, -0.15) is 4.31 Å². The smallest absolute Gasteiger partial charge is 0.218 e. The van der Waals surface area contributed by atoms with Gasteiger partial charge in [-0.15, -0.1) is 0 Å². The Morgan fingerprint density at radius 1 is 1.22 bits per heavy atom. The van der Waals surface area contributed by atoms with Crippen LogP contribution >= 0.6 is 0 Å². The number of nitrogens with one attached hydrogen (secondary N) is 1. The lowest BCUT2D eigenvalue weighted by Crippen LogP contribution is -2.48. The van der Waals surface area contributed by atoms with E-state index in [0.29, 0.717) is 26.3 Å². The monoisotopic (exact) mass is 282 g/mol. The molecule has 6 nitrogen and oxygen atoms in total. The van der Waals surface area contributed by atoms with Crippen LogP contribution in [0.1, 0.15) is 13.8 Å². The maximum atomic E-state index is 12.4.